The van der Waals surface area contributed by atoms with Crippen molar-refractivity contribution in [3.63, 3.8) is 0 Å². The van der Waals surface area contributed by atoms with Crippen LogP contribution >= 0.6 is 11.3 Å². The van der Waals surface area contributed by atoms with Crippen LogP contribution in [0.25, 0.3) is 0 Å². The molecule has 1 aromatic rings. The number of rotatable bonds is 5. The number of hydrogen-bond donors (Lipinski definition) is 1. The maximum atomic E-state index is 6.37. The van der Waals surface area contributed by atoms with Gasteiger partial charge in [0.05, 0.1) is 0 Å². The van der Waals surface area contributed by atoms with Gasteiger partial charge in [0.2, 0.25) is 0 Å². The molecular weight excluding hydrogens is 264 g/mol. The van der Waals surface area contributed by atoms with E-state index in [1.165, 1.54) is 43.4 Å². The Kier molecular flexibility index (Phi) is 3.95. The summed E-state index contributed by atoms with van der Waals surface area (Å²) in [6.45, 7) is 6.80. The van der Waals surface area contributed by atoms with Crippen LogP contribution in [-0.4, -0.2) is 23.0 Å². The molecule has 112 valence electrons. The Morgan fingerprint density at radius 2 is 2.05 bits per heavy atom. The first kappa shape index (κ1) is 14.6. The van der Waals surface area contributed by atoms with Gasteiger partial charge in [-0.1, -0.05) is 32.8 Å². The first-order valence-corrected chi connectivity index (χ1v) is 8.96. The first-order chi connectivity index (χ1) is 9.59. The van der Waals surface area contributed by atoms with Gasteiger partial charge in [0.25, 0.3) is 0 Å². The minimum Gasteiger partial charge on any atom is -0.329 e. The summed E-state index contributed by atoms with van der Waals surface area (Å²) in [4.78, 5) is 4.28. The van der Waals surface area contributed by atoms with E-state index in [-0.39, 0.29) is 5.54 Å². The van der Waals surface area contributed by atoms with E-state index >= 15 is 0 Å². The molecule has 2 aliphatic rings. The molecule has 2 aliphatic carbocycles. The molecule has 3 heteroatoms. The zero-order valence-electron chi connectivity index (χ0n) is 12.9. The van der Waals surface area contributed by atoms with Crippen LogP contribution < -0.4 is 5.73 Å². The molecule has 2 N–H and O–H groups in total. The highest BCUT2D eigenvalue weighted by Gasteiger charge is 2.53. The predicted molar refractivity (Wildman–Crippen MR) is 86.9 cm³/mol. The van der Waals surface area contributed by atoms with Gasteiger partial charge < -0.3 is 5.73 Å². The summed E-state index contributed by atoms with van der Waals surface area (Å²) in [7, 11) is 0. The molecule has 3 rings (SSSR count). The van der Waals surface area contributed by atoms with Crippen molar-refractivity contribution in [3.05, 3.63) is 22.4 Å². The highest BCUT2D eigenvalue weighted by molar-refractivity contribution is 7.09. The van der Waals surface area contributed by atoms with Gasteiger partial charge in [-0.2, -0.15) is 0 Å². The lowest BCUT2D eigenvalue weighted by molar-refractivity contribution is -0.0542. The molecule has 2 nitrogen and oxygen atoms in total. The lowest BCUT2D eigenvalue weighted by Gasteiger charge is -2.56. The van der Waals surface area contributed by atoms with Gasteiger partial charge in [-0.3, -0.25) is 4.90 Å². The summed E-state index contributed by atoms with van der Waals surface area (Å²) >= 11 is 1.89. The van der Waals surface area contributed by atoms with Crippen molar-refractivity contribution < 1.29 is 0 Å². The molecule has 2 saturated carbocycles. The van der Waals surface area contributed by atoms with Crippen LogP contribution in [-0.2, 0) is 6.54 Å². The summed E-state index contributed by atoms with van der Waals surface area (Å²) in [5.74, 6) is 0. The van der Waals surface area contributed by atoms with Gasteiger partial charge in [-0.15, -0.1) is 11.3 Å². The predicted octanol–water partition coefficient (Wildman–Crippen LogP) is 4.01. The van der Waals surface area contributed by atoms with E-state index in [0.29, 0.717) is 5.41 Å². The molecule has 0 saturated heterocycles. The molecule has 1 heterocycles. The van der Waals surface area contributed by atoms with Crippen molar-refractivity contribution in [1.29, 1.82) is 0 Å². The minimum absolute atomic E-state index is 0.205. The van der Waals surface area contributed by atoms with Crippen LogP contribution in [0.4, 0.5) is 0 Å². The molecule has 0 spiro atoms. The van der Waals surface area contributed by atoms with Crippen LogP contribution in [0.5, 0.6) is 0 Å². The second-order valence-electron chi connectivity index (χ2n) is 7.27. The molecule has 1 atom stereocenters. The molecule has 0 aromatic carbocycles. The normalized spacial score (nSPS) is 29.8. The lowest BCUT2D eigenvalue weighted by atomic mass is 9.62. The Morgan fingerprint density at radius 1 is 1.30 bits per heavy atom. The molecule has 0 radical (unpaired) electrons. The summed E-state index contributed by atoms with van der Waals surface area (Å²) in [5, 5.41) is 2.20. The Balaban J connectivity index is 1.90. The zero-order chi connectivity index (χ0) is 14.2. The van der Waals surface area contributed by atoms with Gasteiger partial charge in [-0.25, -0.2) is 0 Å². The minimum atomic E-state index is 0.205. The molecule has 0 bridgehead atoms. The molecule has 1 unspecified atom stereocenters. The quantitative estimate of drug-likeness (QED) is 0.888. The first-order valence-electron chi connectivity index (χ1n) is 8.08. The largest absolute Gasteiger partial charge is 0.329 e. The fourth-order valence-corrected chi connectivity index (χ4v) is 4.87. The van der Waals surface area contributed by atoms with Crippen molar-refractivity contribution in [2.75, 3.05) is 6.54 Å². The third kappa shape index (κ3) is 2.44. The Bertz CT molecular complexity index is 436. The average Bonchev–Trinajstić information content (AvgIpc) is 3.14. The van der Waals surface area contributed by atoms with E-state index in [1.807, 2.05) is 11.3 Å². The van der Waals surface area contributed by atoms with E-state index < -0.39 is 0 Å². The topological polar surface area (TPSA) is 29.3 Å². The van der Waals surface area contributed by atoms with E-state index in [1.54, 1.807) is 0 Å². The van der Waals surface area contributed by atoms with Crippen molar-refractivity contribution >= 4 is 11.3 Å². The van der Waals surface area contributed by atoms with Gasteiger partial charge in [-0.05, 0) is 42.5 Å². The van der Waals surface area contributed by atoms with Gasteiger partial charge in [0, 0.05) is 29.5 Å². The highest BCUT2D eigenvalue weighted by atomic mass is 32.1. The fourth-order valence-electron chi connectivity index (χ4n) is 4.17. The van der Waals surface area contributed by atoms with Gasteiger partial charge in [0.1, 0.15) is 0 Å². The Morgan fingerprint density at radius 3 is 2.60 bits per heavy atom. The monoisotopic (exact) mass is 292 g/mol. The van der Waals surface area contributed by atoms with Crippen LogP contribution in [0.2, 0.25) is 0 Å². The van der Waals surface area contributed by atoms with Gasteiger partial charge >= 0.3 is 0 Å². The summed E-state index contributed by atoms with van der Waals surface area (Å²) in [6, 6.07) is 5.23. The van der Waals surface area contributed by atoms with E-state index in [0.717, 1.165) is 19.1 Å². The summed E-state index contributed by atoms with van der Waals surface area (Å²) < 4.78 is 0. The molecular formula is C17H28N2S. The number of nitrogens with zero attached hydrogens (tertiary/aromatic N) is 1. The number of nitrogens with two attached hydrogens (primary N) is 1. The van der Waals surface area contributed by atoms with Crippen LogP contribution in [0.15, 0.2) is 17.5 Å². The molecule has 20 heavy (non-hydrogen) atoms. The molecule has 0 aliphatic heterocycles. The second-order valence-corrected chi connectivity index (χ2v) is 8.30. The fraction of sp³-hybridized carbons (Fsp3) is 0.765. The maximum absolute atomic E-state index is 6.37. The van der Waals surface area contributed by atoms with E-state index in [9.17, 15) is 0 Å². The third-order valence-electron chi connectivity index (χ3n) is 5.68. The highest BCUT2D eigenvalue weighted by Crippen LogP contribution is 2.50. The third-order valence-corrected chi connectivity index (χ3v) is 6.54. The summed E-state index contributed by atoms with van der Waals surface area (Å²) in [5.41, 5.74) is 6.91. The molecule has 1 aromatic heterocycles. The van der Waals surface area contributed by atoms with Gasteiger partial charge in [0.15, 0.2) is 0 Å². The van der Waals surface area contributed by atoms with Crippen molar-refractivity contribution in [2.24, 2.45) is 11.1 Å². The van der Waals surface area contributed by atoms with Crippen LogP contribution in [0.3, 0.4) is 0 Å². The van der Waals surface area contributed by atoms with Crippen LogP contribution in [0.1, 0.15) is 57.2 Å². The smallest absolute Gasteiger partial charge is 0.0389 e. The Labute approximate surface area is 127 Å². The van der Waals surface area contributed by atoms with Crippen LogP contribution in [0, 0.1) is 5.41 Å². The summed E-state index contributed by atoms with van der Waals surface area (Å²) in [6.07, 6.45) is 8.03. The SMILES string of the molecule is CC1(C)CCCCC1(CN)N(Cc1cccs1)C1CC1. The van der Waals surface area contributed by atoms with E-state index in [2.05, 4.69) is 36.3 Å². The Hall–Kier alpha value is -0.380. The van der Waals surface area contributed by atoms with E-state index in [4.69, 9.17) is 5.73 Å². The van der Waals surface area contributed by atoms with Crippen molar-refractivity contribution in [1.82, 2.24) is 4.90 Å². The lowest BCUT2D eigenvalue weighted by Crippen LogP contribution is -2.64. The standard InChI is InChI=1S/C17H28N2S/c1-16(2)9-3-4-10-17(16,13-18)19(14-7-8-14)12-15-6-5-11-20-15/h5-6,11,14H,3-4,7-10,12-13,18H2,1-2H3. The zero-order valence-corrected chi connectivity index (χ0v) is 13.7. The van der Waals surface area contributed by atoms with Crippen molar-refractivity contribution in [2.45, 2.75) is 70.5 Å². The van der Waals surface area contributed by atoms with Crippen molar-refractivity contribution in [3.8, 4) is 0 Å². The second kappa shape index (κ2) is 5.43. The maximum Gasteiger partial charge on any atom is 0.0389 e. The molecule has 0 amide bonds. The average molecular weight is 292 g/mol. The number of thiophene rings is 1. The number of hydrogen-bond acceptors (Lipinski definition) is 3. The molecule has 2 fully saturated rings.